The van der Waals surface area contributed by atoms with Gasteiger partial charge < -0.3 is 0 Å². The highest BCUT2D eigenvalue weighted by Crippen LogP contribution is 2.39. The summed E-state index contributed by atoms with van der Waals surface area (Å²) in [5, 5.41) is 4.85. The van der Waals surface area contributed by atoms with Crippen molar-refractivity contribution in [1.29, 1.82) is 0 Å². The Morgan fingerprint density at radius 1 is 0.194 bits per heavy atom. The minimum Gasteiger partial charge on any atom is -0.208 e. The molecule has 0 fully saturated rings. The van der Waals surface area contributed by atoms with Crippen molar-refractivity contribution < 1.29 is 0 Å². The summed E-state index contributed by atoms with van der Waals surface area (Å²) in [7, 11) is 0. The van der Waals surface area contributed by atoms with E-state index in [-0.39, 0.29) is 0 Å². The van der Waals surface area contributed by atoms with Crippen molar-refractivity contribution in [2.45, 2.75) is 0 Å². The van der Waals surface area contributed by atoms with Crippen LogP contribution in [0, 0.1) is 0 Å². The molecule has 1 aromatic heterocycles. The van der Waals surface area contributed by atoms with Gasteiger partial charge in [0.15, 0.2) is 17.5 Å². The number of aromatic nitrogens is 3. The monoisotopic (exact) mass is 789 g/mol. The zero-order chi connectivity index (χ0) is 41.2. The lowest BCUT2D eigenvalue weighted by Gasteiger charge is -2.15. The molecule has 10 aromatic carbocycles. The predicted octanol–water partition coefficient (Wildman–Crippen LogP) is 15.5. The van der Waals surface area contributed by atoms with Crippen molar-refractivity contribution in [2.75, 3.05) is 0 Å². The van der Waals surface area contributed by atoms with Crippen molar-refractivity contribution in [2.24, 2.45) is 0 Å². The molecule has 0 spiro atoms. The second-order valence-electron chi connectivity index (χ2n) is 15.6. The third kappa shape index (κ3) is 7.02. The smallest absolute Gasteiger partial charge is 0.164 e. The zero-order valence-electron chi connectivity index (χ0n) is 33.9. The van der Waals surface area contributed by atoms with Crippen molar-refractivity contribution in [3.63, 3.8) is 0 Å². The Morgan fingerprint density at radius 3 is 1.31 bits per heavy atom. The number of rotatable bonds is 8. The molecule has 0 aliphatic heterocycles. The van der Waals surface area contributed by atoms with Crippen LogP contribution in [0.15, 0.2) is 237 Å². The fourth-order valence-corrected chi connectivity index (χ4v) is 8.69. The SMILES string of the molecule is c1ccc(-c2ccc(-c3ccccc3)c(-c3nc(-c4ccc(-c5cccc6ccccc56)cc4)nc(-c4cccc(-c5ccc(-c6ccccc6)c6ccccc56)c4)n3)c2)cc1. The Labute approximate surface area is 361 Å². The lowest BCUT2D eigenvalue weighted by atomic mass is 9.91. The van der Waals surface area contributed by atoms with Crippen LogP contribution in [0.5, 0.6) is 0 Å². The van der Waals surface area contributed by atoms with Crippen molar-refractivity contribution >= 4 is 21.5 Å². The van der Waals surface area contributed by atoms with Crippen LogP contribution in [0.3, 0.4) is 0 Å². The van der Waals surface area contributed by atoms with Gasteiger partial charge >= 0.3 is 0 Å². The summed E-state index contributed by atoms with van der Waals surface area (Å²) in [6.07, 6.45) is 0. The maximum absolute atomic E-state index is 5.35. The molecule has 11 aromatic rings. The van der Waals surface area contributed by atoms with Crippen LogP contribution in [0.1, 0.15) is 0 Å². The van der Waals surface area contributed by atoms with E-state index in [2.05, 4.69) is 224 Å². The summed E-state index contributed by atoms with van der Waals surface area (Å²) in [5.41, 5.74) is 14.1. The molecule has 11 rings (SSSR count). The minimum absolute atomic E-state index is 0.610. The molecule has 0 aliphatic rings. The van der Waals surface area contributed by atoms with Crippen LogP contribution < -0.4 is 0 Å². The molecule has 290 valence electrons. The molecular formula is C59H39N3. The first-order valence-corrected chi connectivity index (χ1v) is 21.0. The van der Waals surface area contributed by atoms with Gasteiger partial charge in [-0.2, -0.15) is 0 Å². The first-order chi connectivity index (χ1) is 30.7. The highest BCUT2D eigenvalue weighted by Gasteiger charge is 2.18. The van der Waals surface area contributed by atoms with Crippen LogP contribution in [0.25, 0.3) is 111 Å². The first kappa shape index (κ1) is 36.8. The molecule has 62 heavy (non-hydrogen) atoms. The van der Waals surface area contributed by atoms with Crippen LogP contribution in [0.2, 0.25) is 0 Å². The van der Waals surface area contributed by atoms with Crippen molar-refractivity contribution in [3.8, 4) is 89.8 Å². The molecule has 0 bridgehead atoms. The van der Waals surface area contributed by atoms with Crippen molar-refractivity contribution in [3.05, 3.63) is 237 Å². The van der Waals surface area contributed by atoms with Gasteiger partial charge in [0.25, 0.3) is 0 Å². The van der Waals surface area contributed by atoms with Gasteiger partial charge in [-0.05, 0) is 89.3 Å². The molecule has 3 heteroatoms. The minimum atomic E-state index is 0.610. The van der Waals surface area contributed by atoms with Crippen molar-refractivity contribution in [1.82, 2.24) is 15.0 Å². The van der Waals surface area contributed by atoms with Crippen LogP contribution >= 0.6 is 0 Å². The van der Waals surface area contributed by atoms with Crippen LogP contribution in [-0.2, 0) is 0 Å². The predicted molar refractivity (Wildman–Crippen MR) is 258 cm³/mol. The Hall–Kier alpha value is -8.27. The fourth-order valence-electron chi connectivity index (χ4n) is 8.69. The Bertz CT molecular complexity index is 3370. The normalized spacial score (nSPS) is 11.2. The third-order valence-corrected chi connectivity index (χ3v) is 11.8. The molecular weight excluding hydrogens is 751 g/mol. The van der Waals surface area contributed by atoms with Crippen LogP contribution in [0.4, 0.5) is 0 Å². The third-order valence-electron chi connectivity index (χ3n) is 11.8. The second kappa shape index (κ2) is 16.1. The highest BCUT2D eigenvalue weighted by atomic mass is 15.0. The quantitative estimate of drug-likeness (QED) is 0.154. The molecule has 0 saturated heterocycles. The van der Waals surface area contributed by atoms with E-state index in [1.807, 2.05) is 12.1 Å². The van der Waals surface area contributed by atoms with E-state index in [4.69, 9.17) is 15.0 Å². The van der Waals surface area contributed by atoms with Gasteiger partial charge in [0, 0.05) is 16.7 Å². The number of benzene rings is 10. The number of hydrogen-bond acceptors (Lipinski definition) is 3. The Kier molecular flexibility index (Phi) is 9.53. The van der Waals surface area contributed by atoms with Gasteiger partial charge in [0.1, 0.15) is 0 Å². The van der Waals surface area contributed by atoms with Gasteiger partial charge in [-0.1, -0.05) is 224 Å². The molecule has 0 N–H and O–H groups in total. The van der Waals surface area contributed by atoms with E-state index in [1.54, 1.807) is 0 Å². The largest absolute Gasteiger partial charge is 0.208 e. The molecule has 0 aliphatic carbocycles. The maximum Gasteiger partial charge on any atom is 0.164 e. The molecule has 0 amide bonds. The highest BCUT2D eigenvalue weighted by molar-refractivity contribution is 6.05. The van der Waals surface area contributed by atoms with E-state index < -0.39 is 0 Å². The summed E-state index contributed by atoms with van der Waals surface area (Å²) in [5.74, 6) is 1.84. The maximum atomic E-state index is 5.35. The van der Waals surface area contributed by atoms with Gasteiger partial charge in [0.05, 0.1) is 0 Å². The van der Waals surface area contributed by atoms with E-state index in [0.717, 1.165) is 55.6 Å². The average Bonchev–Trinajstić information content (AvgIpc) is 3.36. The number of nitrogens with zero attached hydrogens (tertiary/aromatic N) is 3. The van der Waals surface area contributed by atoms with Crippen LogP contribution in [-0.4, -0.2) is 15.0 Å². The second-order valence-corrected chi connectivity index (χ2v) is 15.6. The summed E-state index contributed by atoms with van der Waals surface area (Å²) in [6.45, 7) is 0. The standard InChI is InChI=1S/C59H39N3/c1-4-16-40(17-5-1)46-34-35-52(42-20-8-3-9-21-42)56(39-46)59-61-57(45-32-30-44(31-33-45)50-29-15-23-43-22-10-11-26-49(43)50)60-58(62-59)48-25-14-24-47(38-48)53-37-36-51(41-18-6-2-7-19-41)54-27-12-13-28-55(53)54/h1-39H. The molecule has 0 unspecified atom stereocenters. The topological polar surface area (TPSA) is 38.7 Å². The van der Waals surface area contributed by atoms with Gasteiger partial charge in [-0.25, -0.2) is 15.0 Å². The molecule has 0 atom stereocenters. The average molecular weight is 790 g/mol. The van der Waals surface area contributed by atoms with Gasteiger partial charge in [0.2, 0.25) is 0 Å². The summed E-state index contributed by atoms with van der Waals surface area (Å²) in [4.78, 5) is 15.9. The van der Waals surface area contributed by atoms with Gasteiger partial charge in [-0.15, -0.1) is 0 Å². The Morgan fingerprint density at radius 2 is 0.613 bits per heavy atom. The lowest BCUT2D eigenvalue weighted by molar-refractivity contribution is 1.07. The van der Waals surface area contributed by atoms with Gasteiger partial charge in [-0.3, -0.25) is 0 Å². The van der Waals surface area contributed by atoms with E-state index in [1.165, 1.54) is 38.2 Å². The zero-order valence-corrected chi connectivity index (χ0v) is 33.9. The molecule has 0 radical (unpaired) electrons. The van der Waals surface area contributed by atoms with E-state index >= 15 is 0 Å². The molecule has 1 heterocycles. The van der Waals surface area contributed by atoms with E-state index in [0.29, 0.717) is 17.5 Å². The summed E-state index contributed by atoms with van der Waals surface area (Å²) in [6, 6.07) is 83.6. The lowest BCUT2D eigenvalue weighted by Crippen LogP contribution is -2.01. The Balaban J connectivity index is 1.09. The fraction of sp³-hybridized carbons (Fsp3) is 0. The summed E-state index contributed by atoms with van der Waals surface area (Å²) < 4.78 is 0. The first-order valence-electron chi connectivity index (χ1n) is 21.0. The summed E-state index contributed by atoms with van der Waals surface area (Å²) >= 11 is 0. The number of hydrogen-bond donors (Lipinski definition) is 0. The van der Waals surface area contributed by atoms with E-state index in [9.17, 15) is 0 Å². The molecule has 0 saturated carbocycles. The number of fused-ring (bicyclic) bond motifs is 2. The molecule has 3 nitrogen and oxygen atoms in total.